The van der Waals surface area contributed by atoms with Crippen molar-refractivity contribution in [3.05, 3.63) is 83.0 Å². The van der Waals surface area contributed by atoms with Crippen molar-refractivity contribution in [2.24, 2.45) is 5.92 Å². The first-order chi connectivity index (χ1) is 15.1. The van der Waals surface area contributed by atoms with E-state index in [4.69, 9.17) is 9.47 Å². The molecule has 2 aliphatic carbocycles. The van der Waals surface area contributed by atoms with E-state index in [1.807, 2.05) is 0 Å². The molecule has 0 saturated heterocycles. The van der Waals surface area contributed by atoms with Crippen molar-refractivity contribution in [2.45, 2.75) is 61.8 Å². The summed E-state index contributed by atoms with van der Waals surface area (Å²) < 4.78 is 11.5. The molecule has 1 saturated carbocycles. The van der Waals surface area contributed by atoms with Crippen LogP contribution in [-0.2, 0) is 25.2 Å². The Morgan fingerprint density at radius 2 is 1.55 bits per heavy atom. The predicted octanol–water partition coefficient (Wildman–Crippen LogP) is 6.42. The molecule has 1 fully saturated rings. The fourth-order valence-electron chi connectivity index (χ4n) is 4.47. The monoisotopic (exact) mass is 435 g/mol. The number of allylic oxidation sites excluding steroid dienone is 4. The largest absolute Gasteiger partial charge is 0.486 e. The lowest BCUT2D eigenvalue weighted by Gasteiger charge is -2.24. The van der Waals surface area contributed by atoms with Gasteiger partial charge < -0.3 is 9.47 Å². The fourth-order valence-corrected chi connectivity index (χ4v) is 6.92. The highest BCUT2D eigenvalue weighted by atomic mass is 32.2. The lowest BCUT2D eigenvalue weighted by molar-refractivity contribution is -0.153. The molecular formula is C27H31O3S+. The number of ether oxygens (including phenoxy) is 2. The third kappa shape index (κ3) is 5.43. The Labute approximate surface area is 188 Å². The molecule has 3 nitrogen and oxygen atoms in total. The number of rotatable bonds is 7. The number of hydrogen-bond donors (Lipinski definition) is 0. The molecule has 0 spiro atoms. The van der Waals surface area contributed by atoms with Crippen molar-refractivity contribution in [1.29, 1.82) is 0 Å². The van der Waals surface area contributed by atoms with Gasteiger partial charge in [-0.1, -0.05) is 43.3 Å². The molecular weight excluding hydrogens is 404 g/mol. The smallest absolute Gasteiger partial charge is 0.344 e. The Morgan fingerprint density at radius 1 is 0.968 bits per heavy atom. The van der Waals surface area contributed by atoms with E-state index >= 15 is 0 Å². The molecule has 162 valence electrons. The van der Waals surface area contributed by atoms with Gasteiger partial charge in [0.05, 0.1) is 10.9 Å². The lowest BCUT2D eigenvalue weighted by Crippen LogP contribution is -2.22. The lowest BCUT2D eigenvalue weighted by atomic mass is 9.96. The molecule has 0 N–H and O–H groups in total. The fraction of sp³-hybridized carbons (Fsp3) is 0.370. The van der Waals surface area contributed by atoms with E-state index in [-0.39, 0.29) is 35.5 Å². The maximum atomic E-state index is 12.2. The minimum atomic E-state index is -0.248. The Bertz CT molecular complexity index is 903. The molecule has 0 aliphatic heterocycles. The first kappa shape index (κ1) is 21.8. The standard InChI is InChI=1S/C27H31O3S/c1-20-17-25(31(23-13-5-3-6-14-23)24-15-7-4-8-16-24)18-21(2)27(20)29-19-26(28)30-22-11-9-10-12-22/h3-8,13-17,21-22H,9-12,18-19H2,1-2H3/q+1. The van der Waals surface area contributed by atoms with Gasteiger partial charge in [-0.25, -0.2) is 4.79 Å². The number of esters is 1. The minimum absolute atomic E-state index is 0.000227. The minimum Gasteiger partial charge on any atom is -0.486 e. The summed E-state index contributed by atoms with van der Waals surface area (Å²) in [7, 11) is -0.130. The number of benzene rings is 2. The van der Waals surface area contributed by atoms with Gasteiger partial charge in [0.25, 0.3) is 0 Å². The van der Waals surface area contributed by atoms with E-state index in [2.05, 4.69) is 80.6 Å². The van der Waals surface area contributed by atoms with Crippen LogP contribution in [0, 0.1) is 5.92 Å². The summed E-state index contributed by atoms with van der Waals surface area (Å²) in [6, 6.07) is 21.4. The van der Waals surface area contributed by atoms with E-state index in [1.54, 1.807) is 0 Å². The van der Waals surface area contributed by atoms with Gasteiger partial charge in [0.2, 0.25) is 0 Å². The Balaban J connectivity index is 1.53. The van der Waals surface area contributed by atoms with Gasteiger partial charge in [0.1, 0.15) is 16.8 Å². The van der Waals surface area contributed by atoms with Gasteiger partial charge in [0, 0.05) is 12.3 Å². The van der Waals surface area contributed by atoms with Crippen molar-refractivity contribution in [2.75, 3.05) is 6.61 Å². The molecule has 1 atom stereocenters. The van der Waals surface area contributed by atoms with Gasteiger partial charge in [-0.05, 0) is 68.5 Å². The summed E-state index contributed by atoms with van der Waals surface area (Å²) in [6.07, 6.45) is 7.53. The highest BCUT2D eigenvalue weighted by molar-refractivity contribution is 8.00. The molecule has 0 bridgehead atoms. The molecule has 1 unspecified atom stereocenters. The van der Waals surface area contributed by atoms with Crippen LogP contribution in [0.25, 0.3) is 0 Å². The predicted molar refractivity (Wildman–Crippen MR) is 126 cm³/mol. The van der Waals surface area contributed by atoms with Crippen LogP contribution in [0.4, 0.5) is 0 Å². The zero-order valence-corrected chi connectivity index (χ0v) is 19.2. The van der Waals surface area contributed by atoms with E-state index in [1.165, 1.54) is 14.7 Å². The Morgan fingerprint density at radius 3 is 2.10 bits per heavy atom. The molecule has 4 heteroatoms. The topological polar surface area (TPSA) is 35.5 Å². The molecule has 2 aromatic carbocycles. The molecule has 31 heavy (non-hydrogen) atoms. The van der Waals surface area contributed by atoms with Gasteiger partial charge in [-0.15, -0.1) is 0 Å². The van der Waals surface area contributed by atoms with E-state index < -0.39 is 0 Å². The summed E-state index contributed by atoms with van der Waals surface area (Å²) in [6.45, 7) is 4.27. The van der Waals surface area contributed by atoms with Gasteiger partial charge in [0.15, 0.2) is 16.4 Å². The molecule has 2 aromatic rings. The molecule has 0 amide bonds. The average Bonchev–Trinajstić information content (AvgIpc) is 3.28. The number of carbonyl (C=O) groups excluding carboxylic acids is 1. The van der Waals surface area contributed by atoms with Crippen LogP contribution in [-0.4, -0.2) is 18.7 Å². The van der Waals surface area contributed by atoms with E-state index in [0.717, 1.165) is 43.4 Å². The van der Waals surface area contributed by atoms with Gasteiger partial charge in [-0.3, -0.25) is 0 Å². The second-order valence-electron chi connectivity index (χ2n) is 8.38. The van der Waals surface area contributed by atoms with Crippen molar-refractivity contribution in [3.8, 4) is 0 Å². The van der Waals surface area contributed by atoms with Gasteiger partial charge >= 0.3 is 5.97 Å². The quantitative estimate of drug-likeness (QED) is 0.372. The molecule has 0 aromatic heterocycles. The third-order valence-electron chi connectivity index (χ3n) is 5.89. The summed E-state index contributed by atoms with van der Waals surface area (Å²) >= 11 is 0. The number of carbonyl (C=O) groups is 1. The number of hydrogen-bond acceptors (Lipinski definition) is 3. The summed E-state index contributed by atoms with van der Waals surface area (Å²) in [5, 5.41) is 0. The summed E-state index contributed by atoms with van der Waals surface area (Å²) in [4.78, 5) is 16.3. The first-order valence-corrected chi connectivity index (χ1v) is 12.4. The van der Waals surface area contributed by atoms with Crippen molar-refractivity contribution in [3.63, 3.8) is 0 Å². The maximum Gasteiger partial charge on any atom is 0.344 e. The second-order valence-corrected chi connectivity index (χ2v) is 10.5. The molecule has 2 aliphatic rings. The van der Waals surface area contributed by atoms with Crippen LogP contribution in [0.3, 0.4) is 0 Å². The Hall–Kier alpha value is -2.46. The van der Waals surface area contributed by atoms with Crippen LogP contribution in [0.5, 0.6) is 0 Å². The van der Waals surface area contributed by atoms with E-state index in [9.17, 15) is 4.79 Å². The molecule has 0 heterocycles. The van der Waals surface area contributed by atoms with Gasteiger partial charge in [-0.2, -0.15) is 0 Å². The van der Waals surface area contributed by atoms with Crippen LogP contribution in [0.1, 0.15) is 46.0 Å². The maximum absolute atomic E-state index is 12.2. The van der Waals surface area contributed by atoms with Crippen LogP contribution in [0.2, 0.25) is 0 Å². The van der Waals surface area contributed by atoms with Crippen molar-refractivity contribution < 1.29 is 14.3 Å². The zero-order valence-electron chi connectivity index (χ0n) is 18.4. The van der Waals surface area contributed by atoms with Crippen LogP contribution >= 0.6 is 0 Å². The van der Waals surface area contributed by atoms with Crippen molar-refractivity contribution >= 4 is 16.9 Å². The molecule has 0 radical (unpaired) electrons. The highest BCUT2D eigenvalue weighted by Gasteiger charge is 2.35. The van der Waals surface area contributed by atoms with Crippen LogP contribution in [0.15, 0.2) is 92.8 Å². The third-order valence-corrected chi connectivity index (χ3v) is 8.18. The second kappa shape index (κ2) is 10.2. The summed E-state index contributed by atoms with van der Waals surface area (Å²) in [5.74, 6) is 0.890. The van der Waals surface area contributed by atoms with E-state index in [0.29, 0.717) is 0 Å². The average molecular weight is 436 g/mol. The van der Waals surface area contributed by atoms with Crippen LogP contribution < -0.4 is 0 Å². The Kier molecular flexibility index (Phi) is 7.18. The molecule has 4 rings (SSSR count). The normalized spacial score (nSPS) is 19.5. The summed E-state index contributed by atoms with van der Waals surface area (Å²) in [5.41, 5.74) is 1.10. The first-order valence-electron chi connectivity index (χ1n) is 11.2. The zero-order chi connectivity index (χ0) is 21.6. The van der Waals surface area contributed by atoms with Crippen molar-refractivity contribution in [1.82, 2.24) is 0 Å². The highest BCUT2D eigenvalue weighted by Crippen LogP contribution is 2.39. The SMILES string of the molecule is CC1=C(OCC(=O)OC2CCCC2)C(C)CC([S+](c2ccccc2)c2ccccc2)=C1.